The summed E-state index contributed by atoms with van der Waals surface area (Å²) in [5.74, 6) is 0.914. The first-order valence-electron chi connectivity index (χ1n) is 8.05. The quantitative estimate of drug-likeness (QED) is 0.870. The van der Waals surface area contributed by atoms with Gasteiger partial charge in [0.1, 0.15) is 0 Å². The molecule has 0 aromatic heterocycles. The number of rotatable bonds is 5. The summed E-state index contributed by atoms with van der Waals surface area (Å²) in [6, 6.07) is 12.2. The lowest BCUT2D eigenvalue weighted by atomic mass is 10.0. The molecule has 0 radical (unpaired) electrons. The first-order valence-corrected chi connectivity index (χ1v) is 8.43. The van der Waals surface area contributed by atoms with Crippen LogP contribution in [0, 0.1) is 0 Å². The van der Waals surface area contributed by atoms with Gasteiger partial charge in [0, 0.05) is 17.6 Å². The molecule has 0 amide bonds. The van der Waals surface area contributed by atoms with Crippen molar-refractivity contribution < 1.29 is 14.6 Å². The Balaban J connectivity index is 1.83. The van der Waals surface area contributed by atoms with E-state index >= 15 is 0 Å². The number of aromatic hydroxyl groups is 1. The monoisotopic (exact) mass is 347 g/mol. The van der Waals surface area contributed by atoms with E-state index in [1.807, 2.05) is 24.3 Å². The molecular weight excluding hydrogens is 326 g/mol. The van der Waals surface area contributed by atoms with E-state index in [0.717, 1.165) is 30.1 Å². The number of nitrogens with zero attached hydrogens (tertiary/aromatic N) is 1. The minimum absolute atomic E-state index is 0.0411. The van der Waals surface area contributed by atoms with Crippen LogP contribution in [0.4, 0.5) is 0 Å². The van der Waals surface area contributed by atoms with E-state index in [1.54, 1.807) is 14.2 Å². The Morgan fingerprint density at radius 1 is 1.12 bits per heavy atom. The van der Waals surface area contributed by atoms with Crippen molar-refractivity contribution in [2.45, 2.75) is 25.4 Å². The summed E-state index contributed by atoms with van der Waals surface area (Å²) in [4.78, 5) is 2.44. The van der Waals surface area contributed by atoms with Crippen LogP contribution < -0.4 is 9.47 Å². The third-order valence-electron chi connectivity index (χ3n) is 4.54. The third-order valence-corrected chi connectivity index (χ3v) is 4.80. The first kappa shape index (κ1) is 16.9. The number of phenolic OH excluding ortho intramolecular Hbond substituents is 1. The van der Waals surface area contributed by atoms with E-state index in [9.17, 15) is 5.11 Å². The van der Waals surface area contributed by atoms with Gasteiger partial charge in [-0.15, -0.1) is 0 Å². The molecular formula is C19H22ClNO3. The van der Waals surface area contributed by atoms with Crippen LogP contribution in [0.3, 0.4) is 0 Å². The van der Waals surface area contributed by atoms with Crippen LogP contribution in [0.15, 0.2) is 36.4 Å². The van der Waals surface area contributed by atoms with Crippen LogP contribution in [0.2, 0.25) is 5.02 Å². The van der Waals surface area contributed by atoms with Crippen molar-refractivity contribution in [2.75, 3.05) is 20.8 Å². The van der Waals surface area contributed by atoms with Gasteiger partial charge < -0.3 is 14.6 Å². The fraction of sp³-hybridized carbons (Fsp3) is 0.368. The predicted octanol–water partition coefficient (Wildman–Crippen LogP) is 4.40. The molecule has 0 spiro atoms. The zero-order chi connectivity index (χ0) is 17.1. The Bertz CT molecular complexity index is 677. The first-order chi connectivity index (χ1) is 11.6. The second-order valence-corrected chi connectivity index (χ2v) is 6.47. The van der Waals surface area contributed by atoms with E-state index < -0.39 is 0 Å². The number of methoxy groups -OCH3 is 2. The van der Waals surface area contributed by atoms with Gasteiger partial charge in [0.15, 0.2) is 11.5 Å². The van der Waals surface area contributed by atoms with Crippen LogP contribution in [0.25, 0.3) is 0 Å². The van der Waals surface area contributed by atoms with Crippen LogP contribution in [0.5, 0.6) is 17.2 Å². The molecule has 0 bridgehead atoms. The molecule has 1 N–H and O–H groups in total. The van der Waals surface area contributed by atoms with Crippen LogP contribution in [-0.2, 0) is 6.54 Å². The number of hydrogen-bond donors (Lipinski definition) is 1. The summed E-state index contributed by atoms with van der Waals surface area (Å²) in [6.07, 6.45) is 2.30. The maximum atomic E-state index is 10.1. The minimum atomic E-state index is 0.0411. The average molecular weight is 348 g/mol. The highest BCUT2D eigenvalue weighted by atomic mass is 35.5. The van der Waals surface area contributed by atoms with Crippen molar-refractivity contribution in [3.05, 3.63) is 52.5 Å². The van der Waals surface area contributed by atoms with Gasteiger partial charge in [-0.1, -0.05) is 23.7 Å². The number of halogens is 1. The van der Waals surface area contributed by atoms with Gasteiger partial charge >= 0.3 is 0 Å². The maximum Gasteiger partial charge on any atom is 0.200 e. The fourth-order valence-corrected chi connectivity index (χ4v) is 3.48. The van der Waals surface area contributed by atoms with Crippen molar-refractivity contribution >= 4 is 11.6 Å². The Labute approximate surface area is 147 Å². The molecule has 1 aliphatic heterocycles. The zero-order valence-corrected chi connectivity index (χ0v) is 14.7. The second kappa shape index (κ2) is 7.32. The van der Waals surface area contributed by atoms with E-state index in [4.69, 9.17) is 21.1 Å². The van der Waals surface area contributed by atoms with Gasteiger partial charge in [0.05, 0.1) is 14.2 Å². The molecule has 0 saturated carbocycles. The van der Waals surface area contributed by atoms with Gasteiger partial charge in [0.2, 0.25) is 5.75 Å². The molecule has 1 atom stereocenters. The Morgan fingerprint density at radius 2 is 1.75 bits per heavy atom. The Morgan fingerprint density at radius 3 is 2.33 bits per heavy atom. The van der Waals surface area contributed by atoms with Crippen molar-refractivity contribution in [1.29, 1.82) is 0 Å². The van der Waals surface area contributed by atoms with Crippen molar-refractivity contribution in [3.63, 3.8) is 0 Å². The fourth-order valence-electron chi connectivity index (χ4n) is 3.35. The summed E-state index contributed by atoms with van der Waals surface area (Å²) in [7, 11) is 3.09. The topological polar surface area (TPSA) is 41.9 Å². The van der Waals surface area contributed by atoms with Crippen molar-refractivity contribution in [3.8, 4) is 17.2 Å². The number of phenols is 1. The SMILES string of the molecule is COc1cc(CN2CCC[C@H]2c2ccc(Cl)cc2)cc(OC)c1O. The second-order valence-electron chi connectivity index (χ2n) is 6.03. The van der Waals surface area contributed by atoms with Gasteiger partial charge in [-0.3, -0.25) is 4.90 Å². The van der Waals surface area contributed by atoms with Gasteiger partial charge in [-0.25, -0.2) is 0 Å². The molecule has 0 aliphatic carbocycles. The number of ether oxygens (including phenoxy) is 2. The lowest BCUT2D eigenvalue weighted by Crippen LogP contribution is -2.22. The van der Waals surface area contributed by atoms with E-state index in [0.29, 0.717) is 17.5 Å². The van der Waals surface area contributed by atoms with Crippen LogP contribution >= 0.6 is 11.6 Å². The molecule has 5 heteroatoms. The molecule has 2 aromatic carbocycles. The molecule has 1 fully saturated rings. The van der Waals surface area contributed by atoms with Crippen LogP contribution in [-0.4, -0.2) is 30.8 Å². The minimum Gasteiger partial charge on any atom is -0.502 e. The van der Waals surface area contributed by atoms with E-state index in [1.165, 1.54) is 12.0 Å². The Kier molecular flexibility index (Phi) is 5.17. The number of benzene rings is 2. The van der Waals surface area contributed by atoms with Crippen LogP contribution in [0.1, 0.15) is 30.0 Å². The molecule has 1 heterocycles. The molecule has 2 aromatic rings. The summed E-state index contributed by atoms with van der Waals surface area (Å²) < 4.78 is 10.5. The summed E-state index contributed by atoms with van der Waals surface area (Å²) in [5.41, 5.74) is 2.34. The normalized spacial score (nSPS) is 17.9. The summed E-state index contributed by atoms with van der Waals surface area (Å²) in [6.45, 7) is 1.82. The maximum absolute atomic E-state index is 10.1. The van der Waals surface area contributed by atoms with Gasteiger partial charge in [-0.2, -0.15) is 0 Å². The summed E-state index contributed by atoms with van der Waals surface area (Å²) >= 11 is 6.00. The molecule has 3 rings (SSSR count). The lowest BCUT2D eigenvalue weighted by Gasteiger charge is -2.25. The molecule has 4 nitrogen and oxygen atoms in total. The van der Waals surface area contributed by atoms with E-state index in [2.05, 4.69) is 17.0 Å². The highest BCUT2D eigenvalue weighted by Gasteiger charge is 2.26. The molecule has 128 valence electrons. The van der Waals surface area contributed by atoms with Crippen molar-refractivity contribution in [1.82, 2.24) is 4.90 Å². The summed E-state index contributed by atoms with van der Waals surface area (Å²) in [5, 5.41) is 10.8. The highest BCUT2D eigenvalue weighted by molar-refractivity contribution is 6.30. The van der Waals surface area contributed by atoms with Gasteiger partial charge in [-0.05, 0) is 54.8 Å². The van der Waals surface area contributed by atoms with Crippen molar-refractivity contribution in [2.24, 2.45) is 0 Å². The number of likely N-dealkylation sites (tertiary alicyclic amines) is 1. The largest absolute Gasteiger partial charge is 0.502 e. The predicted molar refractivity (Wildman–Crippen MR) is 95.0 cm³/mol. The van der Waals surface area contributed by atoms with Gasteiger partial charge in [0.25, 0.3) is 0 Å². The Hall–Kier alpha value is -1.91. The molecule has 0 unspecified atom stereocenters. The third kappa shape index (κ3) is 3.45. The standard InChI is InChI=1S/C19H22ClNO3/c1-23-17-10-13(11-18(24-2)19(17)22)12-21-9-3-4-16(21)14-5-7-15(20)8-6-14/h5-8,10-11,16,22H,3-4,9,12H2,1-2H3/t16-/m0/s1. The molecule has 1 saturated heterocycles. The van der Waals surface area contributed by atoms with E-state index in [-0.39, 0.29) is 5.75 Å². The molecule has 24 heavy (non-hydrogen) atoms. The highest BCUT2D eigenvalue weighted by Crippen LogP contribution is 2.39. The lowest BCUT2D eigenvalue weighted by molar-refractivity contribution is 0.247. The average Bonchev–Trinajstić information content (AvgIpc) is 3.05. The zero-order valence-electron chi connectivity index (χ0n) is 14.0. The smallest absolute Gasteiger partial charge is 0.200 e. The molecule has 1 aliphatic rings. The number of hydrogen-bond acceptors (Lipinski definition) is 4.